The van der Waals surface area contributed by atoms with Crippen LogP contribution in [0, 0.1) is 10.1 Å². The Hall–Kier alpha value is -2.31. The third-order valence-electron chi connectivity index (χ3n) is 1.61. The summed E-state index contributed by atoms with van der Waals surface area (Å²) in [6.07, 6.45) is 0. The molecule has 1 aromatic carbocycles. The van der Waals surface area contributed by atoms with Gasteiger partial charge in [0.15, 0.2) is 0 Å². The van der Waals surface area contributed by atoms with Crippen molar-refractivity contribution >= 4 is 17.3 Å². The Morgan fingerprint density at radius 3 is 2.50 bits per heavy atom. The number of aromatic hydroxyl groups is 1. The van der Waals surface area contributed by atoms with Crippen molar-refractivity contribution in [3.05, 3.63) is 27.8 Å². The summed E-state index contributed by atoms with van der Waals surface area (Å²) in [7, 11) is 0. The number of carbonyl (C=O) groups excluding carboxylic acids is 1. The molecule has 0 aliphatic rings. The van der Waals surface area contributed by atoms with Gasteiger partial charge in [-0.15, -0.1) is 0 Å². The van der Waals surface area contributed by atoms with Crippen molar-refractivity contribution < 1.29 is 14.8 Å². The van der Waals surface area contributed by atoms with Gasteiger partial charge in [-0.25, -0.2) is 0 Å². The molecule has 7 heteroatoms. The zero-order chi connectivity index (χ0) is 10.9. The van der Waals surface area contributed by atoms with E-state index in [2.05, 4.69) is 0 Å². The van der Waals surface area contributed by atoms with Crippen molar-refractivity contribution in [3.63, 3.8) is 0 Å². The van der Waals surface area contributed by atoms with Crippen LogP contribution in [0.3, 0.4) is 0 Å². The zero-order valence-corrected chi connectivity index (χ0v) is 6.93. The van der Waals surface area contributed by atoms with Crippen LogP contribution < -0.4 is 11.5 Å². The van der Waals surface area contributed by atoms with Gasteiger partial charge in [-0.05, 0) is 6.07 Å². The smallest absolute Gasteiger partial charge is 0.285 e. The molecule has 0 aliphatic carbocycles. The lowest BCUT2D eigenvalue weighted by Gasteiger charge is -2.02. The molecule has 0 fully saturated rings. The summed E-state index contributed by atoms with van der Waals surface area (Å²) >= 11 is 0. The highest BCUT2D eigenvalue weighted by molar-refractivity contribution is 5.98. The largest absolute Gasteiger partial charge is 0.506 e. The molecule has 1 amide bonds. The second-order valence-corrected chi connectivity index (χ2v) is 2.55. The molecule has 0 unspecified atom stereocenters. The first-order chi connectivity index (χ1) is 6.43. The first-order valence-corrected chi connectivity index (χ1v) is 3.50. The molecular formula is C7H7N3O4. The number of primary amides is 1. The summed E-state index contributed by atoms with van der Waals surface area (Å²) in [5.74, 6) is -1.43. The number of rotatable bonds is 2. The molecule has 0 radical (unpaired) electrons. The number of nitro groups is 1. The number of nitrogens with two attached hydrogens (primary N) is 2. The molecule has 0 aliphatic heterocycles. The quantitative estimate of drug-likeness (QED) is 0.265. The fourth-order valence-electron chi connectivity index (χ4n) is 0.942. The van der Waals surface area contributed by atoms with Gasteiger partial charge >= 0.3 is 0 Å². The molecule has 0 atom stereocenters. The molecule has 5 N–H and O–H groups in total. The first-order valence-electron chi connectivity index (χ1n) is 3.50. The van der Waals surface area contributed by atoms with E-state index in [0.29, 0.717) is 0 Å². The lowest BCUT2D eigenvalue weighted by Crippen LogP contribution is -2.13. The minimum absolute atomic E-state index is 0.135. The average Bonchev–Trinajstić information content (AvgIpc) is 2.08. The number of carbonyl (C=O) groups is 1. The Bertz CT molecular complexity index is 377. The van der Waals surface area contributed by atoms with Gasteiger partial charge < -0.3 is 16.6 Å². The van der Waals surface area contributed by atoms with Crippen LogP contribution in [0.2, 0.25) is 0 Å². The molecule has 0 bridgehead atoms. The Morgan fingerprint density at radius 1 is 1.50 bits per heavy atom. The van der Waals surface area contributed by atoms with E-state index in [0.717, 1.165) is 12.1 Å². The second kappa shape index (κ2) is 3.21. The Labute approximate surface area is 78.1 Å². The van der Waals surface area contributed by atoms with Crippen molar-refractivity contribution in [1.29, 1.82) is 0 Å². The van der Waals surface area contributed by atoms with E-state index in [-0.39, 0.29) is 11.3 Å². The minimum atomic E-state index is -0.969. The number of benzene rings is 1. The summed E-state index contributed by atoms with van der Waals surface area (Å²) in [5.41, 5.74) is 9.11. The fourth-order valence-corrected chi connectivity index (χ4v) is 0.942. The molecule has 0 saturated carbocycles. The maximum Gasteiger partial charge on any atom is 0.285 e. The highest BCUT2D eigenvalue weighted by atomic mass is 16.6. The van der Waals surface area contributed by atoms with Crippen molar-refractivity contribution in [2.24, 2.45) is 5.73 Å². The minimum Gasteiger partial charge on any atom is -0.506 e. The van der Waals surface area contributed by atoms with E-state index >= 15 is 0 Å². The SMILES string of the molecule is NC(=O)c1cc(N)c(O)cc1[N+](=O)[O-]. The zero-order valence-electron chi connectivity index (χ0n) is 6.93. The van der Waals surface area contributed by atoms with E-state index in [9.17, 15) is 14.9 Å². The Morgan fingerprint density at radius 2 is 2.07 bits per heavy atom. The summed E-state index contributed by atoms with van der Waals surface area (Å²) in [5, 5.41) is 19.5. The number of nitro benzene ring substituents is 1. The lowest BCUT2D eigenvalue weighted by molar-refractivity contribution is -0.385. The standard InChI is InChI=1S/C7H7N3O4/c8-4-1-3(7(9)12)5(10(13)14)2-6(4)11/h1-2,11H,8H2,(H2,9,12). The van der Waals surface area contributed by atoms with E-state index < -0.39 is 22.3 Å². The van der Waals surface area contributed by atoms with E-state index in [1.54, 1.807) is 0 Å². The molecule has 7 nitrogen and oxygen atoms in total. The fraction of sp³-hybridized carbons (Fsp3) is 0. The van der Waals surface area contributed by atoms with Crippen LogP contribution in [0.1, 0.15) is 10.4 Å². The van der Waals surface area contributed by atoms with E-state index in [4.69, 9.17) is 16.6 Å². The Balaban J connectivity index is 3.46. The number of anilines is 1. The number of phenols is 1. The maximum atomic E-state index is 10.8. The number of nitrogens with zero attached hydrogens (tertiary/aromatic N) is 1. The topological polar surface area (TPSA) is 132 Å². The average molecular weight is 197 g/mol. The van der Waals surface area contributed by atoms with E-state index in [1.165, 1.54) is 0 Å². The molecule has 1 aromatic rings. The van der Waals surface area contributed by atoms with Gasteiger partial charge in [-0.3, -0.25) is 14.9 Å². The first kappa shape index (κ1) is 9.78. The van der Waals surface area contributed by atoms with Gasteiger partial charge in [-0.2, -0.15) is 0 Å². The van der Waals surface area contributed by atoms with Crippen molar-refractivity contribution in [3.8, 4) is 5.75 Å². The van der Waals surface area contributed by atoms with Crippen LogP contribution in [0.15, 0.2) is 12.1 Å². The van der Waals surface area contributed by atoms with Gasteiger partial charge in [0.1, 0.15) is 11.3 Å². The third kappa shape index (κ3) is 1.56. The molecule has 0 spiro atoms. The lowest BCUT2D eigenvalue weighted by atomic mass is 10.1. The predicted molar refractivity (Wildman–Crippen MR) is 47.7 cm³/mol. The number of amides is 1. The highest BCUT2D eigenvalue weighted by Crippen LogP contribution is 2.29. The second-order valence-electron chi connectivity index (χ2n) is 2.55. The summed E-state index contributed by atoms with van der Waals surface area (Å²) < 4.78 is 0. The Kier molecular flexibility index (Phi) is 2.24. The molecular weight excluding hydrogens is 190 g/mol. The monoisotopic (exact) mass is 197 g/mol. The molecule has 14 heavy (non-hydrogen) atoms. The summed E-state index contributed by atoms with van der Waals surface area (Å²) in [4.78, 5) is 20.4. The van der Waals surface area contributed by atoms with Crippen LogP contribution in [-0.4, -0.2) is 15.9 Å². The number of phenolic OH excluding ortho intramolecular Hbond substituents is 1. The van der Waals surface area contributed by atoms with Crippen molar-refractivity contribution in [2.45, 2.75) is 0 Å². The van der Waals surface area contributed by atoms with Crippen molar-refractivity contribution in [1.82, 2.24) is 0 Å². The van der Waals surface area contributed by atoms with Gasteiger partial charge in [0.25, 0.3) is 11.6 Å². The normalized spacial score (nSPS) is 9.71. The number of hydrogen-bond acceptors (Lipinski definition) is 5. The maximum absolute atomic E-state index is 10.8. The van der Waals surface area contributed by atoms with Crippen LogP contribution >= 0.6 is 0 Å². The van der Waals surface area contributed by atoms with Gasteiger partial charge in [-0.1, -0.05) is 0 Å². The molecule has 1 rings (SSSR count). The molecule has 0 saturated heterocycles. The van der Waals surface area contributed by atoms with Crippen LogP contribution in [0.25, 0.3) is 0 Å². The molecule has 74 valence electrons. The highest BCUT2D eigenvalue weighted by Gasteiger charge is 2.20. The van der Waals surface area contributed by atoms with Crippen molar-refractivity contribution in [2.75, 3.05) is 5.73 Å². The van der Waals surface area contributed by atoms with Crippen LogP contribution in [-0.2, 0) is 0 Å². The number of hydrogen-bond donors (Lipinski definition) is 3. The van der Waals surface area contributed by atoms with Gasteiger partial charge in [0.2, 0.25) is 0 Å². The van der Waals surface area contributed by atoms with Gasteiger partial charge in [0.05, 0.1) is 16.7 Å². The predicted octanol–water partition coefficient (Wildman–Crippen LogP) is -0.0185. The summed E-state index contributed by atoms with van der Waals surface area (Å²) in [6.45, 7) is 0. The van der Waals surface area contributed by atoms with Gasteiger partial charge in [0, 0.05) is 0 Å². The van der Waals surface area contributed by atoms with E-state index in [1.807, 2.05) is 0 Å². The molecule has 0 aromatic heterocycles. The van der Waals surface area contributed by atoms with Crippen LogP contribution in [0.4, 0.5) is 11.4 Å². The van der Waals surface area contributed by atoms with Crippen LogP contribution in [0.5, 0.6) is 5.75 Å². The molecule has 0 heterocycles. The number of nitrogen functional groups attached to an aromatic ring is 1. The summed E-state index contributed by atoms with van der Waals surface area (Å²) in [6, 6.07) is 1.76. The third-order valence-corrected chi connectivity index (χ3v) is 1.61.